The third-order valence-electron chi connectivity index (χ3n) is 7.04. The van der Waals surface area contributed by atoms with Crippen LogP contribution in [0.1, 0.15) is 55.8 Å². The van der Waals surface area contributed by atoms with Crippen LogP contribution in [0, 0.1) is 33.3 Å². The number of para-hydroxylation sites is 1. The summed E-state index contributed by atoms with van der Waals surface area (Å²) < 4.78 is 5.05. The summed E-state index contributed by atoms with van der Waals surface area (Å²) in [6.45, 7) is 1.64. The van der Waals surface area contributed by atoms with Gasteiger partial charge in [-0.15, -0.1) is 0 Å². The molecule has 4 bridgehead atoms. The van der Waals surface area contributed by atoms with Gasteiger partial charge >= 0.3 is 5.97 Å². The summed E-state index contributed by atoms with van der Waals surface area (Å²) in [5.41, 5.74) is -0.295. The van der Waals surface area contributed by atoms with Gasteiger partial charge in [-0.05, 0) is 74.7 Å². The molecule has 1 aromatic carbocycles. The molecule has 4 fully saturated rings. The van der Waals surface area contributed by atoms with Crippen LogP contribution in [0.5, 0.6) is 0 Å². The van der Waals surface area contributed by atoms with Crippen molar-refractivity contribution < 1.29 is 19.2 Å². The van der Waals surface area contributed by atoms with E-state index < -0.39 is 17.5 Å². The normalized spacial score (nSPS) is 31.2. The number of esters is 1. The van der Waals surface area contributed by atoms with Crippen LogP contribution < -0.4 is 5.32 Å². The Labute approximate surface area is 164 Å². The lowest BCUT2D eigenvalue weighted by molar-refractivity contribution is -0.385. The second-order valence-electron chi connectivity index (χ2n) is 8.92. The molecule has 4 aliphatic rings. The van der Waals surface area contributed by atoms with Gasteiger partial charge in [0.2, 0.25) is 0 Å². The maximum Gasteiger partial charge on any atom is 0.345 e. The molecule has 0 radical (unpaired) electrons. The number of nitrogens with one attached hydrogen (secondary N) is 1. The van der Waals surface area contributed by atoms with Crippen LogP contribution in [0.25, 0.3) is 0 Å². The lowest BCUT2D eigenvalue weighted by Gasteiger charge is -2.59. The Morgan fingerprint density at radius 2 is 1.75 bits per heavy atom. The summed E-state index contributed by atoms with van der Waals surface area (Å²) >= 11 is 0. The summed E-state index contributed by atoms with van der Waals surface area (Å²) in [5, 5.41) is 14.1. The van der Waals surface area contributed by atoms with Crippen molar-refractivity contribution >= 4 is 17.6 Å². The van der Waals surface area contributed by atoms with E-state index in [0.717, 1.165) is 17.8 Å². The Morgan fingerprint density at radius 1 is 1.18 bits per heavy atom. The zero-order valence-electron chi connectivity index (χ0n) is 16.1. The molecule has 0 aromatic heterocycles. The molecule has 7 heteroatoms. The average molecular weight is 386 g/mol. The number of hydrogen-bond acceptors (Lipinski definition) is 5. The van der Waals surface area contributed by atoms with Gasteiger partial charge in [0.15, 0.2) is 6.61 Å². The molecular weight excluding hydrogens is 360 g/mol. The molecule has 0 heterocycles. The fourth-order valence-electron chi connectivity index (χ4n) is 6.16. The monoisotopic (exact) mass is 386 g/mol. The second-order valence-corrected chi connectivity index (χ2v) is 8.92. The lowest BCUT2D eigenvalue weighted by Crippen LogP contribution is -2.56. The van der Waals surface area contributed by atoms with Crippen LogP contribution in [0.4, 0.5) is 5.69 Å². The average Bonchev–Trinajstić information content (AvgIpc) is 2.65. The fourth-order valence-corrected chi connectivity index (χ4v) is 6.16. The summed E-state index contributed by atoms with van der Waals surface area (Å²) in [4.78, 5) is 35.0. The SMILES string of the molecule is C[C@H](NC(=O)COC(=O)c1ccccc1[N+](=O)[O-])C12CC3CC(CC(C3)C1)C2. The Hall–Kier alpha value is -2.44. The number of carbonyl (C=O) groups is 2. The molecule has 1 N–H and O–H groups in total. The number of benzene rings is 1. The number of carbonyl (C=O) groups excluding carboxylic acids is 2. The summed E-state index contributed by atoms with van der Waals surface area (Å²) in [7, 11) is 0. The first-order chi connectivity index (χ1) is 13.4. The molecule has 7 nitrogen and oxygen atoms in total. The summed E-state index contributed by atoms with van der Waals surface area (Å²) in [6, 6.07) is 5.62. The largest absolute Gasteiger partial charge is 0.452 e. The molecule has 1 atom stereocenters. The number of hydrogen-bond donors (Lipinski definition) is 1. The van der Waals surface area contributed by atoms with Crippen molar-refractivity contribution in [2.24, 2.45) is 23.2 Å². The summed E-state index contributed by atoms with van der Waals surface area (Å²) in [6.07, 6.45) is 7.55. The summed E-state index contributed by atoms with van der Waals surface area (Å²) in [5.74, 6) is 1.17. The van der Waals surface area contributed by atoms with Crippen molar-refractivity contribution in [3.05, 3.63) is 39.9 Å². The third-order valence-corrected chi connectivity index (χ3v) is 7.04. The van der Waals surface area contributed by atoms with Gasteiger partial charge in [0.05, 0.1) is 4.92 Å². The highest BCUT2D eigenvalue weighted by Gasteiger charge is 2.53. The maximum atomic E-state index is 12.4. The van der Waals surface area contributed by atoms with Crippen molar-refractivity contribution in [3.8, 4) is 0 Å². The first-order valence-corrected chi connectivity index (χ1v) is 10.1. The predicted molar refractivity (Wildman–Crippen MR) is 102 cm³/mol. The Kier molecular flexibility index (Phi) is 4.85. The van der Waals surface area contributed by atoms with E-state index in [2.05, 4.69) is 12.2 Å². The van der Waals surface area contributed by atoms with Gasteiger partial charge in [-0.1, -0.05) is 12.1 Å². The van der Waals surface area contributed by atoms with Crippen molar-refractivity contribution in [2.45, 2.75) is 51.5 Å². The zero-order chi connectivity index (χ0) is 19.9. The molecular formula is C21H26N2O5. The Balaban J connectivity index is 1.34. The van der Waals surface area contributed by atoms with Gasteiger partial charge in [-0.25, -0.2) is 4.79 Å². The highest BCUT2D eigenvalue weighted by atomic mass is 16.6. The van der Waals surface area contributed by atoms with Gasteiger partial charge in [-0.3, -0.25) is 14.9 Å². The van der Waals surface area contributed by atoms with E-state index in [1.807, 2.05) is 0 Å². The quantitative estimate of drug-likeness (QED) is 0.458. The van der Waals surface area contributed by atoms with E-state index in [1.54, 1.807) is 0 Å². The standard InChI is InChI=1S/C21H26N2O5/c1-13(21-9-14-6-15(10-21)8-16(7-14)11-21)22-19(24)12-28-20(25)17-4-2-3-5-18(17)23(26)27/h2-5,13-16H,6-12H2,1H3,(H,22,24)/t13-,14?,15?,16?,21?/m0/s1. The predicted octanol–water partition coefficient (Wildman–Crippen LogP) is 3.47. The van der Waals surface area contributed by atoms with Crippen molar-refractivity contribution in [1.82, 2.24) is 5.32 Å². The molecule has 28 heavy (non-hydrogen) atoms. The number of ether oxygens (including phenoxy) is 1. The second kappa shape index (κ2) is 7.18. The highest BCUT2D eigenvalue weighted by molar-refractivity contribution is 5.95. The van der Waals surface area contributed by atoms with Gasteiger partial charge < -0.3 is 10.1 Å². The van der Waals surface area contributed by atoms with E-state index >= 15 is 0 Å². The van der Waals surface area contributed by atoms with Crippen LogP contribution in [0.3, 0.4) is 0 Å². The van der Waals surface area contributed by atoms with Gasteiger partial charge in [-0.2, -0.15) is 0 Å². The minimum absolute atomic E-state index is 0.0400. The van der Waals surface area contributed by atoms with Crippen molar-refractivity contribution in [2.75, 3.05) is 6.61 Å². The Morgan fingerprint density at radius 3 is 2.32 bits per heavy atom. The van der Waals surface area contributed by atoms with E-state index in [0.29, 0.717) is 0 Å². The van der Waals surface area contributed by atoms with Crippen molar-refractivity contribution in [1.29, 1.82) is 0 Å². The molecule has 0 unspecified atom stereocenters. The minimum Gasteiger partial charge on any atom is -0.452 e. The Bertz CT molecular complexity index is 770. The van der Waals surface area contributed by atoms with Crippen LogP contribution in [-0.4, -0.2) is 29.4 Å². The van der Waals surface area contributed by atoms with E-state index in [-0.39, 0.29) is 28.6 Å². The molecule has 0 saturated heterocycles. The first kappa shape index (κ1) is 18.9. The number of nitro groups is 1. The highest BCUT2D eigenvalue weighted by Crippen LogP contribution is 2.61. The van der Waals surface area contributed by atoms with Gasteiger partial charge in [0.1, 0.15) is 5.56 Å². The number of rotatable bonds is 6. The van der Waals surface area contributed by atoms with E-state index in [1.165, 1.54) is 62.8 Å². The van der Waals surface area contributed by atoms with Crippen LogP contribution >= 0.6 is 0 Å². The van der Waals surface area contributed by atoms with E-state index in [4.69, 9.17) is 4.74 Å². The van der Waals surface area contributed by atoms with Crippen molar-refractivity contribution in [3.63, 3.8) is 0 Å². The maximum absolute atomic E-state index is 12.4. The number of amides is 1. The topological polar surface area (TPSA) is 98.5 Å². The minimum atomic E-state index is -0.857. The van der Waals surface area contributed by atoms with E-state index in [9.17, 15) is 19.7 Å². The smallest absolute Gasteiger partial charge is 0.345 e. The molecule has 0 aliphatic heterocycles. The number of nitrogens with zero attached hydrogens (tertiary/aromatic N) is 1. The van der Waals surface area contributed by atoms with Crippen LogP contribution in [0.2, 0.25) is 0 Å². The van der Waals surface area contributed by atoms with Gasteiger partial charge in [0.25, 0.3) is 11.6 Å². The molecule has 0 spiro atoms. The third kappa shape index (κ3) is 3.50. The molecule has 1 aromatic rings. The molecule has 4 aliphatic carbocycles. The lowest BCUT2D eigenvalue weighted by atomic mass is 9.48. The van der Waals surface area contributed by atoms with Crippen LogP contribution in [0.15, 0.2) is 24.3 Å². The van der Waals surface area contributed by atoms with Crippen LogP contribution in [-0.2, 0) is 9.53 Å². The molecule has 1 amide bonds. The molecule has 150 valence electrons. The number of nitro benzene ring substituents is 1. The first-order valence-electron chi connectivity index (χ1n) is 10.1. The fraction of sp³-hybridized carbons (Fsp3) is 0.619. The molecule has 4 saturated carbocycles. The van der Waals surface area contributed by atoms with Gasteiger partial charge in [0, 0.05) is 12.1 Å². The molecule has 5 rings (SSSR count). The zero-order valence-corrected chi connectivity index (χ0v) is 16.1.